The van der Waals surface area contributed by atoms with E-state index in [1.807, 2.05) is 31.2 Å². The zero-order chi connectivity index (χ0) is 24.8. The molecule has 0 aliphatic carbocycles. The molecular formula is C26H28N6O3. The highest BCUT2D eigenvalue weighted by molar-refractivity contribution is 6.05. The van der Waals surface area contributed by atoms with Crippen molar-refractivity contribution in [3.8, 4) is 11.1 Å². The number of nitrogens with two attached hydrogens (primary N) is 2. The Balaban J connectivity index is 1.58. The number of nitrogens with zero attached hydrogens (tertiary/aromatic N) is 4. The number of carbonyl (C=O) groups is 1. The average molecular weight is 473 g/mol. The van der Waals surface area contributed by atoms with Gasteiger partial charge in [-0.05, 0) is 47.9 Å². The van der Waals surface area contributed by atoms with Crippen LogP contribution in [0.1, 0.15) is 36.6 Å². The summed E-state index contributed by atoms with van der Waals surface area (Å²) in [7, 11) is 0. The largest absolute Gasteiger partial charge is 0.399 e. The van der Waals surface area contributed by atoms with Crippen LogP contribution in [-0.4, -0.2) is 38.4 Å². The van der Waals surface area contributed by atoms with Gasteiger partial charge in [-0.25, -0.2) is 10.1 Å². The van der Waals surface area contributed by atoms with E-state index in [2.05, 4.69) is 15.0 Å². The second-order valence-corrected chi connectivity index (χ2v) is 8.24. The number of amides is 1. The van der Waals surface area contributed by atoms with E-state index < -0.39 is 0 Å². The summed E-state index contributed by atoms with van der Waals surface area (Å²) in [6.45, 7) is 2.54. The maximum Gasteiger partial charge on any atom is 0.273 e. The fourth-order valence-corrected chi connectivity index (χ4v) is 3.65. The molecule has 35 heavy (non-hydrogen) atoms. The third-order valence-electron chi connectivity index (χ3n) is 5.45. The van der Waals surface area contributed by atoms with Crippen LogP contribution in [0.4, 0.5) is 11.4 Å². The van der Waals surface area contributed by atoms with Crippen LogP contribution in [0.25, 0.3) is 17.2 Å². The third-order valence-corrected chi connectivity index (χ3v) is 5.45. The second-order valence-electron chi connectivity index (χ2n) is 8.24. The van der Waals surface area contributed by atoms with E-state index >= 15 is 0 Å². The van der Waals surface area contributed by atoms with Crippen molar-refractivity contribution in [3.05, 3.63) is 77.4 Å². The first-order valence-electron chi connectivity index (χ1n) is 11.3. The van der Waals surface area contributed by atoms with Crippen molar-refractivity contribution in [2.75, 3.05) is 12.3 Å². The van der Waals surface area contributed by atoms with Crippen molar-refractivity contribution in [2.45, 2.75) is 33.0 Å². The van der Waals surface area contributed by atoms with Crippen molar-refractivity contribution in [1.29, 1.82) is 0 Å². The molecule has 0 bridgehead atoms. The van der Waals surface area contributed by atoms with Gasteiger partial charge in [0.05, 0.1) is 18.0 Å². The molecule has 0 radical (unpaired) electrons. The first-order valence-corrected chi connectivity index (χ1v) is 11.3. The number of fused-ring (bicyclic) bond motifs is 1. The lowest BCUT2D eigenvalue weighted by molar-refractivity contribution is -0.187. The maximum absolute atomic E-state index is 13.4. The highest BCUT2D eigenvalue weighted by Crippen LogP contribution is 2.30. The molecule has 0 spiro atoms. The third kappa shape index (κ3) is 5.89. The lowest BCUT2D eigenvalue weighted by atomic mass is 10.1. The monoisotopic (exact) mass is 472 g/mol. The van der Waals surface area contributed by atoms with Crippen LogP contribution in [0.5, 0.6) is 0 Å². The highest BCUT2D eigenvalue weighted by atomic mass is 16.7. The highest BCUT2D eigenvalue weighted by Gasteiger charge is 2.23. The zero-order valence-corrected chi connectivity index (χ0v) is 19.5. The minimum atomic E-state index is -0.279. The average Bonchev–Trinajstić information content (AvgIpc) is 3.04. The van der Waals surface area contributed by atoms with Gasteiger partial charge in [-0.15, -0.1) is 0 Å². The van der Waals surface area contributed by atoms with Gasteiger partial charge in [0.15, 0.2) is 0 Å². The topological polar surface area (TPSA) is 140 Å². The summed E-state index contributed by atoms with van der Waals surface area (Å²) in [6.07, 6.45) is 7.60. The summed E-state index contributed by atoms with van der Waals surface area (Å²) < 4.78 is 0. The standard InChI is InChI=1S/C26H28N6O3/c1-2-7-32(35-16-17-3-5-22(27)6-4-17)26(34)19-9-23-24(31-25(28)11-19)10-21(14-30-23)20-8-18(15-33)12-29-13-20/h3-6,8-10,12-14,33H,2,7,11,15-16,27H2,1H3,(H2,28,31). The van der Waals surface area contributed by atoms with Gasteiger partial charge in [0.2, 0.25) is 0 Å². The maximum atomic E-state index is 13.4. The molecule has 3 heterocycles. The van der Waals surface area contributed by atoms with E-state index in [4.69, 9.17) is 16.3 Å². The fraction of sp³-hybridized carbons (Fsp3) is 0.231. The number of carbonyl (C=O) groups excluding carboxylic acids is 1. The molecule has 0 saturated carbocycles. The van der Waals surface area contributed by atoms with E-state index in [-0.39, 0.29) is 25.5 Å². The number of aliphatic hydroxyl groups is 1. The Bertz CT molecular complexity index is 1270. The van der Waals surface area contributed by atoms with E-state index in [1.54, 1.807) is 36.8 Å². The van der Waals surface area contributed by atoms with Gasteiger partial charge < -0.3 is 16.6 Å². The number of aliphatic imine (C=N–C) groups is 1. The number of aliphatic hydroxyl groups excluding tert-OH is 1. The van der Waals surface area contributed by atoms with Crippen molar-refractivity contribution >= 4 is 29.2 Å². The molecule has 1 aromatic carbocycles. The van der Waals surface area contributed by atoms with Gasteiger partial charge in [-0.3, -0.25) is 19.6 Å². The molecule has 1 aliphatic rings. The molecule has 0 saturated heterocycles. The van der Waals surface area contributed by atoms with Gasteiger partial charge in [0.1, 0.15) is 12.4 Å². The minimum absolute atomic E-state index is 0.104. The first-order chi connectivity index (χ1) is 17.0. The number of aromatic nitrogens is 2. The molecule has 3 aromatic rings. The van der Waals surface area contributed by atoms with Crippen molar-refractivity contribution in [1.82, 2.24) is 15.0 Å². The lowest BCUT2D eigenvalue weighted by Gasteiger charge is -2.22. The molecule has 0 fully saturated rings. The molecule has 1 amide bonds. The molecule has 0 atom stereocenters. The number of amidine groups is 1. The number of hydrogen-bond acceptors (Lipinski definition) is 8. The number of anilines is 1. The molecule has 9 heteroatoms. The molecule has 5 N–H and O–H groups in total. The Labute approximate surface area is 203 Å². The van der Waals surface area contributed by atoms with Gasteiger partial charge in [-0.2, -0.15) is 0 Å². The molecule has 0 unspecified atom stereocenters. The van der Waals surface area contributed by atoms with Crippen LogP contribution in [-0.2, 0) is 22.8 Å². The molecule has 4 rings (SSSR count). The SMILES string of the molecule is CCCN(OCc1ccc(N)cc1)C(=O)C1=Cc2ncc(-c3cncc(CO)c3)cc2N=C(N)C1. The Morgan fingerprint density at radius 2 is 1.86 bits per heavy atom. The van der Waals surface area contributed by atoms with Gasteiger partial charge in [0.25, 0.3) is 5.91 Å². The first kappa shape index (κ1) is 24.1. The van der Waals surface area contributed by atoms with E-state index in [1.165, 1.54) is 5.06 Å². The summed E-state index contributed by atoms with van der Waals surface area (Å²) in [6, 6.07) is 11.0. The number of benzene rings is 1. The molecule has 2 aromatic heterocycles. The van der Waals surface area contributed by atoms with Crippen LogP contribution in [0, 0.1) is 0 Å². The van der Waals surface area contributed by atoms with Crippen LogP contribution in [0.2, 0.25) is 0 Å². The van der Waals surface area contributed by atoms with Crippen LogP contribution in [0.3, 0.4) is 0 Å². The zero-order valence-electron chi connectivity index (χ0n) is 19.5. The number of hydroxylamine groups is 2. The molecule has 9 nitrogen and oxygen atoms in total. The predicted octanol–water partition coefficient (Wildman–Crippen LogP) is 3.36. The summed E-state index contributed by atoms with van der Waals surface area (Å²) in [5.74, 6) is 0.0264. The second kappa shape index (κ2) is 10.9. The lowest BCUT2D eigenvalue weighted by Crippen LogP contribution is -2.34. The minimum Gasteiger partial charge on any atom is -0.399 e. The predicted molar refractivity (Wildman–Crippen MR) is 135 cm³/mol. The Kier molecular flexibility index (Phi) is 7.49. The van der Waals surface area contributed by atoms with Crippen LogP contribution < -0.4 is 11.5 Å². The Morgan fingerprint density at radius 1 is 1.09 bits per heavy atom. The van der Waals surface area contributed by atoms with E-state index in [0.29, 0.717) is 40.6 Å². The number of pyridine rings is 2. The number of hydrogen-bond donors (Lipinski definition) is 3. The molecule has 180 valence electrons. The summed E-state index contributed by atoms with van der Waals surface area (Å²) in [5, 5.41) is 10.8. The smallest absolute Gasteiger partial charge is 0.273 e. The van der Waals surface area contributed by atoms with Crippen molar-refractivity contribution in [2.24, 2.45) is 10.7 Å². The Hall–Kier alpha value is -4.08. The van der Waals surface area contributed by atoms with E-state index in [0.717, 1.165) is 23.1 Å². The Morgan fingerprint density at radius 3 is 2.60 bits per heavy atom. The summed E-state index contributed by atoms with van der Waals surface area (Å²) in [5.41, 5.74) is 17.3. The van der Waals surface area contributed by atoms with E-state index in [9.17, 15) is 9.90 Å². The number of nitrogen functional groups attached to an aromatic ring is 1. The van der Waals surface area contributed by atoms with Gasteiger partial charge in [0, 0.05) is 53.9 Å². The van der Waals surface area contributed by atoms with Crippen molar-refractivity contribution in [3.63, 3.8) is 0 Å². The number of rotatable bonds is 8. The quantitative estimate of drug-likeness (QED) is 0.337. The summed E-state index contributed by atoms with van der Waals surface area (Å²) in [4.78, 5) is 32.4. The summed E-state index contributed by atoms with van der Waals surface area (Å²) >= 11 is 0. The van der Waals surface area contributed by atoms with Crippen LogP contribution >= 0.6 is 0 Å². The van der Waals surface area contributed by atoms with Crippen molar-refractivity contribution < 1.29 is 14.7 Å². The fourth-order valence-electron chi connectivity index (χ4n) is 3.65. The van der Waals surface area contributed by atoms with Gasteiger partial charge in [-0.1, -0.05) is 19.1 Å². The molecular weight excluding hydrogens is 444 g/mol. The van der Waals surface area contributed by atoms with Gasteiger partial charge >= 0.3 is 0 Å². The normalized spacial score (nSPS) is 12.9. The molecule has 1 aliphatic heterocycles. The van der Waals surface area contributed by atoms with Crippen LogP contribution in [0.15, 0.2) is 65.6 Å².